The molecule has 4 aromatic rings. The zero-order valence-corrected chi connectivity index (χ0v) is 17.2. The van der Waals surface area contributed by atoms with E-state index in [0.717, 1.165) is 46.1 Å². The number of hydrogen-bond donors (Lipinski definition) is 1. The number of fused-ring (bicyclic) bond motifs is 1. The molecule has 1 fully saturated rings. The summed E-state index contributed by atoms with van der Waals surface area (Å²) >= 11 is 1.53. The fraction of sp³-hybridized carbons (Fsp3) is 0.217. The van der Waals surface area contributed by atoms with Crippen molar-refractivity contribution in [2.24, 2.45) is 0 Å². The van der Waals surface area contributed by atoms with Crippen LogP contribution in [0.15, 0.2) is 60.1 Å². The van der Waals surface area contributed by atoms with Gasteiger partial charge in [-0.15, -0.1) is 21.5 Å². The molecular weight excluding hydrogens is 394 g/mol. The molecule has 0 saturated carbocycles. The lowest BCUT2D eigenvalue weighted by Crippen LogP contribution is -2.30. The predicted octanol–water partition coefficient (Wildman–Crippen LogP) is 5.00. The number of carbonyl (C=O) groups excluding carboxylic acids is 1. The van der Waals surface area contributed by atoms with E-state index < -0.39 is 0 Å². The summed E-state index contributed by atoms with van der Waals surface area (Å²) in [4.78, 5) is 19.1. The van der Waals surface area contributed by atoms with Gasteiger partial charge in [0.25, 0.3) is 5.91 Å². The second kappa shape index (κ2) is 8.20. The van der Waals surface area contributed by atoms with Crippen LogP contribution in [0.1, 0.15) is 29.6 Å². The maximum atomic E-state index is 12.6. The maximum Gasteiger partial charge on any atom is 0.255 e. The molecule has 0 bridgehead atoms. The number of anilines is 2. The van der Waals surface area contributed by atoms with Crippen LogP contribution in [-0.2, 0) is 0 Å². The Hall–Kier alpha value is -3.32. The van der Waals surface area contributed by atoms with Crippen LogP contribution in [0.25, 0.3) is 21.5 Å². The Kier molecular flexibility index (Phi) is 5.11. The number of nitrogens with one attached hydrogen (secondary N) is 1. The molecule has 2 aromatic carbocycles. The highest BCUT2D eigenvalue weighted by Crippen LogP contribution is 2.23. The minimum absolute atomic E-state index is 0.135. The van der Waals surface area contributed by atoms with E-state index >= 15 is 0 Å². The Bertz CT molecular complexity index is 1160. The first-order valence-corrected chi connectivity index (χ1v) is 11.0. The third-order valence-electron chi connectivity index (χ3n) is 5.36. The van der Waals surface area contributed by atoms with Gasteiger partial charge in [0.15, 0.2) is 5.82 Å². The number of aromatic nitrogens is 3. The van der Waals surface area contributed by atoms with Gasteiger partial charge in [-0.05, 0) is 61.7 Å². The fourth-order valence-electron chi connectivity index (χ4n) is 3.69. The van der Waals surface area contributed by atoms with Crippen molar-refractivity contribution in [3.63, 3.8) is 0 Å². The van der Waals surface area contributed by atoms with Crippen LogP contribution in [0.5, 0.6) is 0 Å². The number of carbonyl (C=O) groups is 1. The topological polar surface area (TPSA) is 71.0 Å². The summed E-state index contributed by atoms with van der Waals surface area (Å²) in [5.41, 5.74) is 5.85. The second-order valence-corrected chi connectivity index (χ2v) is 8.28. The molecule has 1 amide bonds. The van der Waals surface area contributed by atoms with E-state index in [0.29, 0.717) is 5.56 Å². The molecule has 1 aliphatic rings. The van der Waals surface area contributed by atoms with Gasteiger partial charge in [0, 0.05) is 29.9 Å². The summed E-state index contributed by atoms with van der Waals surface area (Å²) < 4.78 is 1.00. The number of benzene rings is 2. The van der Waals surface area contributed by atoms with Crippen LogP contribution in [0, 0.1) is 0 Å². The minimum atomic E-state index is -0.135. The zero-order chi connectivity index (χ0) is 20.3. The Morgan fingerprint density at radius 2 is 1.77 bits per heavy atom. The van der Waals surface area contributed by atoms with Gasteiger partial charge in [-0.1, -0.05) is 12.1 Å². The number of hydrogen-bond acceptors (Lipinski definition) is 6. The molecule has 3 heterocycles. The zero-order valence-electron chi connectivity index (χ0n) is 16.4. The maximum absolute atomic E-state index is 12.6. The average molecular weight is 416 g/mol. The summed E-state index contributed by atoms with van der Waals surface area (Å²) in [6, 6.07) is 17.3. The van der Waals surface area contributed by atoms with Crippen molar-refractivity contribution in [2.75, 3.05) is 23.3 Å². The van der Waals surface area contributed by atoms with Gasteiger partial charge < -0.3 is 10.2 Å². The molecule has 0 radical (unpaired) electrons. The van der Waals surface area contributed by atoms with Crippen LogP contribution >= 0.6 is 11.3 Å². The summed E-state index contributed by atoms with van der Waals surface area (Å²) in [7, 11) is 0. The average Bonchev–Trinajstić information content (AvgIpc) is 3.28. The van der Waals surface area contributed by atoms with E-state index in [1.807, 2.05) is 48.5 Å². The number of rotatable bonds is 4. The van der Waals surface area contributed by atoms with Gasteiger partial charge in [-0.25, -0.2) is 4.98 Å². The Morgan fingerprint density at radius 3 is 2.53 bits per heavy atom. The molecule has 1 N–H and O–H groups in total. The van der Waals surface area contributed by atoms with Crippen LogP contribution in [-0.4, -0.2) is 34.2 Å². The van der Waals surface area contributed by atoms with Crippen LogP contribution < -0.4 is 10.2 Å². The summed E-state index contributed by atoms with van der Waals surface area (Å²) in [5.74, 6) is 0.809. The van der Waals surface area contributed by atoms with Crippen molar-refractivity contribution < 1.29 is 4.79 Å². The number of nitrogens with zero attached hydrogens (tertiary/aromatic N) is 4. The normalized spacial score (nSPS) is 14.1. The Labute approximate surface area is 178 Å². The van der Waals surface area contributed by atoms with Crippen LogP contribution in [0.2, 0.25) is 0 Å². The molecule has 150 valence electrons. The van der Waals surface area contributed by atoms with Gasteiger partial charge in [0.05, 0.1) is 21.4 Å². The van der Waals surface area contributed by atoms with E-state index in [-0.39, 0.29) is 5.91 Å². The van der Waals surface area contributed by atoms with Gasteiger partial charge in [-0.3, -0.25) is 4.79 Å². The quantitative estimate of drug-likeness (QED) is 0.508. The second-order valence-electron chi connectivity index (χ2n) is 7.39. The Morgan fingerprint density at radius 1 is 0.933 bits per heavy atom. The van der Waals surface area contributed by atoms with Gasteiger partial charge in [0.1, 0.15) is 0 Å². The predicted molar refractivity (Wildman–Crippen MR) is 121 cm³/mol. The largest absolute Gasteiger partial charge is 0.355 e. The van der Waals surface area contributed by atoms with E-state index in [2.05, 4.69) is 25.4 Å². The van der Waals surface area contributed by atoms with Crippen molar-refractivity contribution >= 4 is 39.0 Å². The lowest BCUT2D eigenvalue weighted by Gasteiger charge is -2.27. The Balaban J connectivity index is 1.27. The molecule has 2 aromatic heterocycles. The molecule has 30 heavy (non-hydrogen) atoms. The van der Waals surface area contributed by atoms with E-state index in [1.165, 1.54) is 30.6 Å². The molecule has 0 unspecified atom stereocenters. The van der Waals surface area contributed by atoms with E-state index in [1.54, 1.807) is 11.6 Å². The molecule has 0 atom stereocenters. The van der Waals surface area contributed by atoms with Crippen LogP contribution in [0.3, 0.4) is 0 Å². The van der Waals surface area contributed by atoms with E-state index in [9.17, 15) is 4.79 Å². The first-order chi connectivity index (χ1) is 14.8. The molecule has 0 spiro atoms. The standard InChI is InChI=1S/C23H21N5OS/c29-23(17-6-9-20-21(14-17)30-15-24-20)25-18-7-4-16(5-8-18)19-10-11-22(27-26-19)28-12-2-1-3-13-28/h4-11,14-15H,1-3,12-13H2,(H,25,29). The van der Waals surface area contributed by atoms with Crippen molar-refractivity contribution in [3.05, 3.63) is 65.7 Å². The van der Waals surface area contributed by atoms with E-state index in [4.69, 9.17) is 0 Å². The third-order valence-corrected chi connectivity index (χ3v) is 6.15. The molecule has 0 aliphatic carbocycles. The minimum Gasteiger partial charge on any atom is -0.355 e. The smallest absolute Gasteiger partial charge is 0.255 e. The molecule has 5 rings (SSSR count). The summed E-state index contributed by atoms with van der Waals surface area (Å²) in [6.07, 6.45) is 3.73. The van der Waals surface area contributed by atoms with Crippen LogP contribution in [0.4, 0.5) is 11.5 Å². The SMILES string of the molecule is O=C(Nc1ccc(-c2ccc(N3CCCCC3)nn2)cc1)c1ccc2ncsc2c1. The fourth-order valence-corrected chi connectivity index (χ4v) is 4.41. The number of amides is 1. The highest BCUT2D eigenvalue weighted by atomic mass is 32.1. The molecular formula is C23H21N5OS. The summed E-state index contributed by atoms with van der Waals surface area (Å²) in [5, 5.41) is 11.8. The lowest BCUT2D eigenvalue weighted by molar-refractivity contribution is 0.102. The molecule has 7 heteroatoms. The van der Waals surface area contributed by atoms with Crippen molar-refractivity contribution in [3.8, 4) is 11.3 Å². The number of thiazole rings is 1. The third kappa shape index (κ3) is 3.89. The number of piperidine rings is 1. The summed E-state index contributed by atoms with van der Waals surface area (Å²) in [6.45, 7) is 2.11. The van der Waals surface area contributed by atoms with Crippen molar-refractivity contribution in [1.29, 1.82) is 0 Å². The highest BCUT2D eigenvalue weighted by molar-refractivity contribution is 7.16. The monoisotopic (exact) mass is 415 g/mol. The van der Waals surface area contributed by atoms with Gasteiger partial charge >= 0.3 is 0 Å². The molecule has 1 aliphatic heterocycles. The van der Waals surface area contributed by atoms with Gasteiger partial charge in [-0.2, -0.15) is 0 Å². The highest BCUT2D eigenvalue weighted by Gasteiger charge is 2.13. The first kappa shape index (κ1) is 18.7. The lowest BCUT2D eigenvalue weighted by atomic mass is 10.1. The molecule has 6 nitrogen and oxygen atoms in total. The first-order valence-electron chi connectivity index (χ1n) is 10.1. The van der Waals surface area contributed by atoms with Gasteiger partial charge in [0.2, 0.25) is 0 Å². The molecule has 1 saturated heterocycles. The van der Waals surface area contributed by atoms with Crippen molar-refractivity contribution in [1.82, 2.24) is 15.2 Å². The van der Waals surface area contributed by atoms with Crippen molar-refractivity contribution in [2.45, 2.75) is 19.3 Å².